The molecular weight excluding hydrogens is 316 g/mol. The molecular formula is C12H12N2O3S3. The van der Waals surface area contributed by atoms with Crippen LogP contribution >= 0.6 is 34.6 Å². The number of aryl methyl sites for hydroxylation is 1. The van der Waals surface area contributed by atoms with Gasteiger partial charge >= 0.3 is 5.97 Å². The van der Waals surface area contributed by atoms with E-state index in [4.69, 9.17) is 0 Å². The first-order valence-corrected chi connectivity index (χ1v) is 8.27. The van der Waals surface area contributed by atoms with Gasteiger partial charge in [0.1, 0.15) is 10.6 Å². The molecule has 5 nitrogen and oxygen atoms in total. The third kappa shape index (κ3) is 3.20. The van der Waals surface area contributed by atoms with Crippen molar-refractivity contribution in [1.82, 2.24) is 4.37 Å². The Bertz CT molecular complexity index is 622. The average molecular weight is 328 g/mol. The van der Waals surface area contributed by atoms with Crippen molar-refractivity contribution in [2.75, 3.05) is 17.7 Å². The third-order valence-corrected chi connectivity index (χ3v) is 5.70. The maximum Gasteiger partial charge on any atom is 0.340 e. The number of aromatic carboxylic acids is 1. The van der Waals surface area contributed by atoms with Gasteiger partial charge in [-0.3, -0.25) is 4.79 Å². The average Bonchev–Trinajstić information content (AvgIpc) is 3.03. The summed E-state index contributed by atoms with van der Waals surface area (Å²) in [7, 11) is 1.58. The minimum Gasteiger partial charge on any atom is -0.478 e. The molecule has 0 unspecified atom stereocenters. The van der Waals surface area contributed by atoms with Crippen LogP contribution < -0.4 is 4.90 Å². The lowest BCUT2D eigenvalue weighted by Crippen LogP contribution is -2.28. The fraction of sp³-hybridized carbons (Fsp3) is 0.250. The molecule has 0 aliphatic heterocycles. The van der Waals surface area contributed by atoms with E-state index in [0.717, 1.165) is 15.7 Å². The highest BCUT2D eigenvalue weighted by molar-refractivity contribution is 8.01. The van der Waals surface area contributed by atoms with Crippen molar-refractivity contribution in [2.45, 2.75) is 11.1 Å². The van der Waals surface area contributed by atoms with Crippen LogP contribution in [0.4, 0.5) is 5.00 Å². The van der Waals surface area contributed by atoms with E-state index in [-0.39, 0.29) is 17.2 Å². The maximum absolute atomic E-state index is 12.1. The highest BCUT2D eigenvalue weighted by Gasteiger charge is 2.23. The quantitative estimate of drug-likeness (QED) is 0.855. The predicted molar refractivity (Wildman–Crippen MR) is 82.3 cm³/mol. The van der Waals surface area contributed by atoms with E-state index in [0.29, 0.717) is 10.7 Å². The number of carboxylic acid groups (broad SMARTS) is 1. The first kappa shape index (κ1) is 15.0. The topological polar surface area (TPSA) is 70.5 Å². The lowest BCUT2D eigenvalue weighted by molar-refractivity contribution is -0.115. The van der Waals surface area contributed by atoms with Gasteiger partial charge in [0.15, 0.2) is 0 Å². The number of amides is 1. The number of anilines is 1. The fourth-order valence-electron chi connectivity index (χ4n) is 1.52. The monoisotopic (exact) mass is 328 g/mol. The summed E-state index contributed by atoms with van der Waals surface area (Å²) in [5.41, 5.74) is 0.537. The molecule has 1 amide bonds. The van der Waals surface area contributed by atoms with E-state index in [2.05, 4.69) is 4.37 Å². The molecule has 0 atom stereocenters. The SMILES string of the molecule is Cc1nsc(N(C)C(=O)CSc2cccs2)c1C(=O)O. The number of carbonyl (C=O) groups excluding carboxylic acids is 1. The van der Waals surface area contributed by atoms with Gasteiger partial charge in [0, 0.05) is 7.05 Å². The molecule has 20 heavy (non-hydrogen) atoms. The van der Waals surface area contributed by atoms with E-state index in [1.54, 1.807) is 25.3 Å². The Morgan fingerprint density at radius 2 is 2.25 bits per heavy atom. The molecule has 0 radical (unpaired) electrons. The van der Waals surface area contributed by atoms with Gasteiger partial charge in [-0.05, 0) is 29.9 Å². The largest absolute Gasteiger partial charge is 0.478 e. The number of aromatic nitrogens is 1. The molecule has 0 saturated heterocycles. The summed E-state index contributed by atoms with van der Waals surface area (Å²) in [6.45, 7) is 1.63. The summed E-state index contributed by atoms with van der Waals surface area (Å²) < 4.78 is 5.07. The van der Waals surface area contributed by atoms with Gasteiger partial charge in [-0.1, -0.05) is 6.07 Å². The Labute approximate surface area is 128 Å². The van der Waals surface area contributed by atoms with Crippen LogP contribution in [0.2, 0.25) is 0 Å². The Balaban J connectivity index is 2.09. The molecule has 0 spiro atoms. The number of hydrogen-bond acceptors (Lipinski definition) is 6. The number of nitrogens with zero attached hydrogens (tertiary/aromatic N) is 2. The molecule has 2 heterocycles. The molecule has 2 rings (SSSR count). The first-order valence-electron chi connectivity index (χ1n) is 5.63. The zero-order chi connectivity index (χ0) is 14.7. The summed E-state index contributed by atoms with van der Waals surface area (Å²) in [4.78, 5) is 24.7. The van der Waals surface area contributed by atoms with Crippen LogP contribution in [-0.4, -0.2) is 34.2 Å². The van der Waals surface area contributed by atoms with E-state index in [1.807, 2.05) is 17.5 Å². The second-order valence-corrected chi connectivity index (χ2v) is 6.90. The Hall–Kier alpha value is -1.38. The minimum atomic E-state index is -1.06. The zero-order valence-corrected chi connectivity index (χ0v) is 13.3. The summed E-state index contributed by atoms with van der Waals surface area (Å²) in [6.07, 6.45) is 0. The molecule has 106 valence electrons. The first-order chi connectivity index (χ1) is 9.50. The van der Waals surface area contributed by atoms with Crippen molar-refractivity contribution >= 4 is 51.5 Å². The van der Waals surface area contributed by atoms with Crippen LogP contribution in [0.5, 0.6) is 0 Å². The molecule has 2 aromatic rings. The molecule has 0 aliphatic carbocycles. The van der Waals surface area contributed by atoms with Crippen LogP contribution in [0, 0.1) is 6.92 Å². The molecule has 0 saturated carbocycles. The normalized spacial score (nSPS) is 10.5. The molecule has 1 N–H and O–H groups in total. The van der Waals surface area contributed by atoms with Gasteiger partial charge in [0.25, 0.3) is 0 Å². The third-order valence-electron chi connectivity index (χ3n) is 2.57. The second kappa shape index (κ2) is 6.38. The number of hydrogen-bond donors (Lipinski definition) is 1. The van der Waals surface area contributed by atoms with Crippen molar-refractivity contribution in [3.05, 3.63) is 28.8 Å². The van der Waals surface area contributed by atoms with Crippen molar-refractivity contribution in [1.29, 1.82) is 0 Å². The van der Waals surface area contributed by atoms with Crippen molar-refractivity contribution in [2.24, 2.45) is 0 Å². The van der Waals surface area contributed by atoms with Gasteiger partial charge in [0.2, 0.25) is 5.91 Å². The van der Waals surface area contributed by atoms with Gasteiger partial charge in [-0.25, -0.2) is 4.79 Å². The lowest BCUT2D eigenvalue weighted by Gasteiger charge is -2.15. The Kier molecular flexibility index (Phi) is 4.79. The van der Waals surface area contributed by atoms with Crippen molar-refractivity contribution < 1.29 is 14.7 Å². The standard InChI is InChI=1S/C12H12N2O3S3/c1-7-10(12(16)17)11(20-13-7)14(2)8(15)6-19-9-4-3-5-18-9/h3-5H,6H2,1-2H3,(H,16,17). The highest BCUT2D eigenvalue weighted by atomic mass is 32.2. The smallest absolute Gasteiger partial charge is 0.340 e. The Morgan fingerprint density at radius 3 is 2.85 bits per heavy atom. The van der Waals surface area contributed by atoms with Crippen LogP contribution in [0.15, 0.2) is 21.7 Å². The fourth-order valence-corrected chi connectivity index (χ4v) is 4.08. The van der Waals surface area contributed by atoms with Gasteiger partial charge in [-0.2, -0.15) is 4.37 Å². The van der Waals surface area contributed by atoms with E-state index in [9.17, 15) is 14.7 Å². The highest BCUT2D eigenvalue weighted by Crippen LogP contribution is 2.29. The molecule has 0 fully saturated rings. The molecule has 0 bridgehead atoms. The van der Waals surface area contributed by atoms with Crippen molar-refractivity contribution in [3.63, 3.8) is 0 Å². The van der Waals surface area contributed by atoms with Crippen LogP contribution in [0.3, 0.4) is 0 Å². The summed E-state index contributed by atoms with van der Waals surface area (Å²) in [5, 5.41) is 11.5. The number of carboxylic acids is 1. The van der Waals surface area contributed by atoms with Gasteiger partial charge in [-0.15, -0.1) is 23.1 Å². The van der Waals surface area contributed by atoms with Crippen molar-refractivity contribution in [3.8, 4) is 0 Å². The van der Waals surface area contributed by atoms with Crippen LogP contribution in [0.25, 0.3) is 0 Å². The number of carbonyl (C=O) groups is 2. The van der Waals surface area contributed by atoms with Gasteiger partial charge < -0.3 is 10.0 Å². The van der Waals surface area contributed by atoms with Crippen LogP contribution in [0.1, 0.15) is 16.1 Å². The lowest BCUT2D eigenvalue weighted by atomic mass is 10.2. The predicted octanol–water partition coefficient (Wildman–Crippen LogP) is 2.97. The summed E-state index contributed by atoms with van der Waals surface area (Å²) in [5.74, 6) is -0.932. The minimum absolute atomic E-state index is 0.104. The molecule has 0 aromatic carbocycles. The van der Waals surface area contributed by atoms with Crippen LogP contribution in [-0.2, 0) is 4.79 Å². The maximum atomic E-state index is 12.1. The number of thiophene rings is 1. The van der Waals surface area contributed by atoms with Gasteiger partial charge in [0.05, 0.1) is 15.7 Å². The second-order valence-electron chi connectivity index (χ2n) is 3.93. The van der Waals surface area contributed by atoms with E-state index >= 15 is 0 Å². The number of rotatable bonds is 5. The Morgan fingerprint density at radius 1 is 1.50 bits per heavy atom. The summed E-state index contributed by atoms with van der Waals surface area (Å²) in [6, 6.07) is 3.87. The van der Waals surface area contributed by atoms with E-state index < -0.39 is 5.97 Å². The zero-order valence-electron chi connectivity index (χ0n) is 10.8. The molecule has 2 aromatic heterocycles. The molecule has 0 aliphatic rings. The summed E-state index contributed by atoms with van der Waals surface area (Å²) >= 11 is 4.05. The van der Waals surface area contributed by atoms with E-state index in [1.165, 1.54) is 16.7 Å². The number of thioether (sulfide) groups is 1. The molecule has 8 heteroatoms.